The van der Waals surface area contributed by atoms with E-state index in [1.165, 1.54) is 11.5 Å². The molecule has 0 radical (unpaired) electrons. The topological polar surface area (TPSA) is 80.3 Å². The van der Waals surface area contributed by atoms with Crippen LogP contribution in [0.4, 0.5) is 5.69 Å². The summed E-state index contributed by atoms with van der Waals surface area (Å²) < 4.78 is 10.2. The number of fused-ring (bicyclic) bond motifs is 1. The van der Waals surface area contributed by atoms with Gasteiger partial charge in [-0.2, -0.15) is 4.37 Å². The van der Waals surface area contributed by atoms with Crippen LogP contribution < -0.4 is 10.6 Å². The Labute approximate surface area is 161 Å². The van der Waals surface area contributed by atoms with Gasteiger partial charge in [0.25, 0.3) is 11.8 Å². The van der Waals surface area contributed by atoms with E-state index in [2.05, 4.69) is 15.0 Å². The van der Waals surface area contributed by atoms with Gasteiger partial charge in [0.1, 0.15) is 5.69 Å². The molecule has 7 heteroatoms. The highest BCUT2D eigenvalue weighted by atomic mass is 32.1. The molecular formula is C20H21N3O3S. The van der Waals surface area contributed by atoms with Crippen molar-refractivity contribution in [3.63, 3.8) is 0 Å². The summed E-state index contributed by atoms with van der Waals surface area (Å²) in [6, 6.07) is 12.9. The Morgan fingerprint density at radius 2 is 1.96 bits per heavy atom. The summed E-state index contributed by atoms with van der Waals surface area (Å²) in [6.07, 6.45) is 0.745. The lowest BCUT2D eigenvalue weighted by Crippen LogP contribution is -2.25. The smallest absolute Gasteiger partial charge is 0.276 e. The SMILES string of the molecule is COCCCNC(=O)c1ccc(C)c(NC(=O)c2nsc3ccccc23)c1. The third-order valence-electron chi connectivity index (χ3n) is 4.15. The normalized spacial score (nSPS) is 10.7. The summed E-state index contributed by atoms with van der Waals surface area (Å²) in [7, 11) is 1.63. The predicted molar refractivity (Wildman–Crippen MR) is 108 cm³/mol. The second-order valence-electron chi connectivity index (χ2n) is 6.11. The van der Waals surface area contributed by atoms with Gasteiger partial charge >= 0.3 is 0 Å². The van der Waals surface area contributed by atoms with Crippen LogP contribution >= 0.6 is 11.5 Å². The molecule has 2 N–H and O–H groups in total. The molecule has 0 saturated heterocycles. The van der Waals surface area contributed by atoms with Gasteiger partial charge < -0.3 is 15.4 Å². The monoisotopic (exact) mass is 383 g/mol. The van der Waals surface area contributed by atoms with E-state index >= 15 is 0 Å². The number of rotatable bonds is 7. The molecule has 0 aliphatic carbocycles. The predicted octanol–water partition coefficient (Wildman–Crippen LogP) is 3.62. The van der Waals surface area contributed by atoms with Crippen LogP contribution in [0.2, 0.25) is 0 Å². The lowest BCUT2D eigenvalue weighted by Gasteiger charge is -2.10. The highest BCUT2D eigenvalue weighted by Crippen LogP contribution is 2.24. The molecule has 0 fully saturated rings. The van der Waals surface area contributed by atoms with Crippen molar-refractivity contribution in [2.45, 2.75) is 13.3 Å². The molecule has 2 aromatic carbocycles. The third-order valence-corrected chi connectivity index (χ3v) is 4.98. The number of nitrogens with one attached hydrogen (secondary N) is 2. The van der Waals surface area contributed by atoms with Crippen LogP contribution in [0.1, 0.15) is 32.8 Å². The van der Waals surface area contributed by atoms with E-state index in [1.807, 2.05) is 37.3 Å². The Bertz CT molecular complexity index is 968. The van der Waals surface area contributed by atoms with Crippen molar-refractivity contribution in [1.82, 2.24) is 9.69 Å². The van der Waals surface area contributed by atoms with Crippen LogP contribution in [-0.2, 0) is 4.74 Å². The van der Waals surface area contributed by atoms with E-state index < -0.39 is 0 Å². The van der Waals surface area contributed by atoms with Gasteiger partial charge in [-0.3, -0.25) is 9.59 Å². The highest BCUT2D eigenvalue weighted by Gasteiger charge is 2.16. The molecule has 0 atom stereocenters. The maximum atomic E-state index is 12.7. The molecule has 3 aromatic rings. The Balaban J connectivity index is 1.74. The number of nitrogens with zero attached hydrogens (tertiary/aromatic N) is 1. The second kappa shape index (κ2) is 8.75. The fourth-order valence-corrected chi connectivity index (χ4v) is 3.42. The molecule has 0 bridgehead atoms. The number of carbonyl (C=O) groups excluding carboxylic acids is 2. The van der Waals surface area contributed by atoms with Crippen molar-refractivity contribution in [3.05, 3.63) is 59.3 Å². The van der Waals surface area contributed by atoms with Crippen molar-refractivity contribution in [1.29, 1.82) is 0 Å². The quantitative estimate of drug-likeness (QED) is 0.611. The number of carbonyl (C=O) groups is 2. The van der Waals surface area contributed by atoms with Gasteiger partial charge in [0, 0.05) is 36.9 Å². The van der Waals surface area contributed by atoms with Crippen molar-refractivity contribution < 1.29 is 14.3 Å². The van der Waals surface area contributed by atoms with Crippen molar-refractivity contribution in [2.24, 2.45) is 0 Å². The molecule has 0 aliphatic rings. The maximum Gasteiger partial charge on any atom is 0.276 e. The fraction of sp³-hybridized carbons (Fsp3) is 0.250. The summed E-state index contributed by atoms with van der Waals surface area (Å²) in [5.41, 5.74) is 2.36. The van der Waals surface area contributed by atoms with Gasteiger partial charge in [-0.25, -0.2) is 0 Å². The number of amides is 2. The van der Waals surface area contributed by atoms with Crippen LogP contribution in [0, 0.1) is 6.92 Å². The number of hydrogen-bond acceptors (Lipinski definition) is 5. The molecule has 6 nitrogen and oxygen atoms in total. The Morgan fingerprint density at radius 1 is 1.15 bits per heavy atom. The van der Waals surface area contributed by atoms with Gasteiger partial charge in [0.15, 0.2) is 0 Å². The number of benzene rings is 2. The van der Waals surface area contributed by atoms with Gasteiger partial charge in [0.2, 0.25) is 0 Å². The lowest BCUT2D eigenvalue weighted by atomic mass is 10.1. The summed E-state index contributed by atoms with van der Waals surface area (Å²) >= 11 is 1.29. The number of ether oxygens (including phenoxy) is 1. The summed E-state index contributed by atoms with van der Waals surface area (Å²) in [4.78, 5) is 25.0. The van der Waals surface area contributed by atoms with Gasteiger partial charge in [0.05, 0.1) is 4.70 Å². The van der Waals surface area contributed by atoms with Gasteiger partial charge in [-0.1, -0.05) is 24.3 Å². The van der Waals surface area contributed by atoms with E-state index in [0.717, 1.165) is 22.1 Å². The minimum atomic E-state index is -0.284. The molecule has 0 aliphatic heterocycles. The average molecular weight is 383 g/mol. The zero-order valence-electron chi connectivity index (χ0n) is 15.2. The van der Waals surface area contributed by atoms with Gasteiger partial charge in [-0.15, -0.1) is 0 Å². The molecule has 2 amide bonds. The van der Waals surface area contributed by atoms with E-state index in [0.29, 0.717) is 30.1 Å². The zero-order valence-corrected chi connectivity index (χ0v) is 16.1. The first-order chi connectivity index (χ1) is 13.1. The second-order valence-corrected chi connectivity index (χ2v) is 6.92. The summed E-state index contributed by atoms with van der Waals surface area (Å²) in [6.45, 7) is 3.01. The lowest BCUT2D eigenvalue weighted by molar-refractivity contribution is 0.0947. The fourth-order valence-electron chi connectivity index (χ4n) is 2.65. The molecular weight excluding hydrogens is 362 g/mol. The van der Waals surface area contributed by atoms with E-state index in [1.54, 1.807) is 19.2 Å². The van der Waals surface area contributed by atoms with Crippen LogP contribution in [0.25, 0.3) is 10.1 Å². The number of anilines is 1. The molecule has 0 spiro atoms. The summed E-state index contributed by atoms with van der Waals surface area (Å²) in [5, 5.41) is 6.55. The zero-order chi connectivity index (χ0) is 19.2. The molecule has 3 rings (SSSR count). The minimum absolute atomic E-state index is 0.180. The Hall–Kier alpha value is -2.77. The molecule has 140 valence electrons. The standard InChI is InChI=1S/C20H21N3O3S/c1-13-8-9-14(19(24)21-10-5-11-26-2)12-16(13)22-20(25)18-15-6-3-4-7-17(15)27-23-18/h3-4,6-9,12H,5,10-11H2,1-2H3,(H,21,24)(H,22,25). The number of hydrogen-bond donors (Lipinski definition) is 2. The first-order valence-electron chi connectivity index (χ1n) is 8.63. The molecule has 1 heterocycles. The van der Waals surface area contributed by atoms with Gasteiger partial charge in [-0.05, 0) is 48.6 Å². The van der Waals surface area contributed by atoms with E-state index in [9.17, 15) is 9.59 Å². The van der Waals surface area contributed by atoms with Crippen LogP contribution in [0.15, 0.2) is 42.5 Å². The first kappa shape index (κ1) is 19.0. The molecule has 0 saturated carbocycles. The highest BCUT2D eigenvalue weighted by molar-refractivity contribution is 7.13. The largest absolute Gasteiger partial charge is 0.385 e. The molecule has 0 unspecified atom stereocenters. The van der Waals surface area contributed by atoms with Crippen molar-refractivity contribution in [3.8, 4) is 0 Å². The van der Waals surface area contributed by atoms with E-state index in [4.69, 9.17) is 4.74 Å². The van der Waals surface area contributed by atoms with Crippen LogP contribution in [0.5, 0.6) is 0 Å². The average Bonchev–Trinajstić information content (AvgIpc) is 3.11. The van der Waals surface area contributed by atoms with Crippen LogP contribution in [-0.4, -0.2) is 36.4 Å². The Kier molecular flexibility index (Phi) is 6.16. The third kappa shape index (κ3) is 4.50. The molecule has 1 aromatic heterocycles. The Morgan fingerprint density at radius 3 is 2.78 bits per heavy atom. The number of aromatic nitrogens is 1. The number of methoxy groups -OCH3 is 1. The van der Waals surface area contributed by atoms with E-state index in [-0.39, 0.29) is 11.8 Å². The number of aryl methyl sites for hydroxylation is 1. The maximum absolute atomic E-state index is 12.7. The minimum Gasteiger partial charge on any atom is -0.385 e. The summed E-state index contributed by atoms with van der Waals surface area (Å²) in [5.74, 6) is -0.464. The van der Waals surface area contributed by atoms with Crippen LogP contribution in [0.3, 0.4) is 0 Å². The van der Waals surface area contributed by atoms with Crippen molar-refractivity contribution in [2.75, 3.05) is 25.6 Å². The molecule has 27 heavy (non-hydrogen) atoms. The van der Waals surface area contributed by atoms with Crippen molar-refractivity contribution >= 4 is 39.1 Å². The first-order valence-corrected chi connectivity index (χ1v) is 9.41.